The monoisotopic (exact) mass is 388 g/mol. The number of pyridine rings is 2. The normalized spacial score (nSPS) is 12.1. The van der Waals surface area contributed by atoms with E-state index in [2.05, 4.69) is 0 Å². The van der Waals surface area contributed by atoms with Crippen LogP contribution in [0.15, 0.2) is 77.7 Å². The molecule has 0 bridgehead atoms. The van der Waals surface area contributed by atoms with Crippen LogP contribution in [0.5, 0.6) is 5.75 Å². The fourth-order valence-electron chi connectivity index (χ4n) is 3.75. The van der Waals surface area contributed by atoms with Crippen molar-refractivity contribution in [3.63, 3.8) is 0 Å². The Morgan fingerprint density at radius 3 is 2.21 bits per heavy atom. The molecule has 4 aromatic rings. The summed E-state index contributed by atoms with van der Waals surface area (Å²) in [5.74, 6) is 0.246. The van der Waals surface area contributed by atoms with Gasteiger partial charge in [0.25, 0.3) is 5.56 Å². The molecule has 0 amide bonds. The number of methoxy groups -OCH3 is 1. The van der Waals surface area contributed by atoms with Gasteiger partial charge >= 0.3 is 0 Å². The highest BCUT2D eigenvalue weighted by Gasteiger charge is 2.23. The zero-order valence-corrected chi connectivity index (χ0v) is 16.2. The Labute approximate surface area is 168 Å². The summed E-state index contributed by atoms with van der Waals surface area (Å²) in [4.78, 5) is 13.4. The number of fused-ring (bicyclic) bond motifs is 1. The minimum Gasteiger partial charge on any atom is -0.497 e. The summed E-state index contributed by atoms with van der Waals surface area (Å²) in [6.07, 6.45) is 1.22. The highest BCUT2D eigenvalue weighted by molar-refractivity contribution is 5.89. The molecule has 0 fully saturated rings. The van der Waals surface area contributed by atoms with E-state index in [1.165, 1.54) is 16.7 Å². The molecule has 2 aromatic carbocycles. The fourth-order valence-corrected chi connectivity index (χ4v) is 3.75. The zero-order valence-electron chi connectivity index (χ0n) is 16.2. The van der Waals surface area contributed by atoms with Crippen LogP contribution in [0, 0.1) is 5.82 Å². The second-order valence-electron chi connectivity index (χ2n) is 6.95. The smallest absolute Gasteiger partial charge is 0.263 e. The van der Waals surface area contributed by atoms with Gasteiger partial charge < -0.3 is 10.5 Å². The number of hydrogen-bond donors (Lipinski definition) is 1. The first-order valence-corrected chi connectivity index (χ1v) is 9.34. The molecule has 5 heteroatoms. The van der Waals surface area contributed by atoms with E-state index >= 15 is 0 Å². The van der Waals surface area contributed by atoms with Gasteiger partial charge in [-0.25, -0.2) is 4.39 Å². The summed E-state index contributed by atoms with van der Waals surface area (Å²) in [6.45, 7) is 1.86. The quantitative estimate of drug-likeness (QED) is 0.546. The lowest BCUT2D eigenvalue weighted by atomic mass is 9.88. The Bertz CT molecular complexity index is 1230. The van der Waals surface area contributed by atoms with Crippen LogP contribution in [0.4, 0.5) is 4.39 Å². The van der Waals surface area contributed by atoms with Crippen molar-refractivity contribution in [1.82, 2.24) is 4.40 Å². The van der Waals surface area contributed by atoms with Gasteiger partial charge in [-0.15, -0.1) is 0 Å². The Balaban J connectivity index is 2.19. The van der Waals surface area contributed by atoms with E-state index in [0.717, 1.165) is 28.0 Å². The number of hydrogen-bond acceptors (Lipinski definition) is 3. The summed E-state index contributed by atoms with van der Waals surface area (Å²) >= 11 is 0. The summed E-state index contributed by atoms with van der Waals surface area (Å²) < 4.78 is 20.7. The SMILES string of the molecule is COc1ccc(-c2c([C@H](C)N)c(-c3ccccc3)c(=O)n3cc(F)ccc23)cc1. The third-order valence-corrected chi connectivity index (χ3v) is 5.04. The Morgan fingerprint density at radius 1 is 0.931 bits per heavy atom. The van der Waals surface area contributed by atoms with E-state index < -0.39 is 11.9 Å². The number of ether oxygens (including phenoxy) is 1. The second kappa shape index (κ2) is 7.53. The summed E-state index contributed by atoms with van der Waals surface area (Å²) in [7, 11) is 1.61. The largest absolute Gasteiger partial charge is 0.497 e. The molecule has 2 aromatic heterocycles. The number of benzene rings is 2. The van der Waals surface area contributed by atoms with Crippen LogP contribution in [0.25, 0.3) is 27.8 Å². The molecule has 0 aliphatic heterocycles. The van der Waals surface area contributed by atoms with E-state index in [0.29, 0.717) is 11.1 Å². The fraction of sp³-hybridized carbons (Fsp3) is 0.125. The van der Waals surface area contributed by atoms with Crippen molar-refractivity contribution < 1.29 is 9.13 Å². The lowest BCUT2D eigenvalue weighted by Gasteiger charge is -2.21. The standard InChI is InChI=1S/C24H21FN2O2/c1-15(26)21-22(17-8-11-19(29-2)12-9-17)20-13-10-18(25)14-27(20)24(28)23(21)16-6-4-3-5-7-16/h3-15H,26H2,1-2H3/t15-/m0/s1. The number of nitrogens with zero attached hydrogens (tertiary/aromatic N) is 1. The van der Waals surface area contributed by atoms with Gasteiger partial charge in [0.2, 0.25) is 0 Å². The first kappa shape index (κ1) is 18.9. The van der Waals surface area contributed by atoms with E-state index in [1.807, 2.05) is 61.5 Å². The van der Waals surface area contributed by atoms with Crippen molar-refractivity contribution in [2.24, 2.45) is 5.73 Å². The predicted molar refractivity (Wildman–Crippen MR) is 114 cm³/mol. The third kappa shape index (κ3) is 3.30. The molecule has 4 nitrogen and oxygen atoms in total. The van der Waals surface area contributed by atoms with Gasteiger partial charge in [0.1, 0.15) is 11.6 Å². The topological polar surface area (TPSA) is 56.7 Å². The van der Waals surface area contributed by atoms with Gasteiger partial charge in [-0.1, -0.05) is 42.5 Å². The van der Waals surface area contributed by atoms with Crippen LogP contribution >= 0.6 is 0 Å². The highest BCUT2D eigenvalue weighted by atomic mass is 19.1. The molecular formula is C24H21FN2O2. The van der Waals surface area contributed by atoms with Gasteiger partial charge in [-0.3, -0.25) is 9.20 Å². The van der Waals surface area contributed by atoms with Gasteiger partial charge in [-0.05, 0) is 47.9 Å². The van der Waals surface area contributed by atoms with E-state index in [9.17, 15) is 9.18 Å². The van der Waals surface area contributed by atoms with Crippen LogP contribution < -0.4 is 16.0 Å². The molecule has 0 saturated heterocycles. The van der Waals surface area contributed by atoms with E-state index in [1.54, 1.807) is 13.2 Å². The van der Waals surface area contributed by atoms with Crippen molar-refractivity contribution in [2.45, 2.75) is 13.0 Å². The molecule has 0 aliphatic carbocycles. The molecule has 0 radical (unpaired) electrons. The predicted octanol–water partition coefficient (Wildman–Crippen LogP) is 4.80. The molecule has 2 N–H and O–H groups in total. The van der Waals surface area contributed by atoms with Crippen LogP contribution in [0.1, 0.15) is 18.5 Å². The van der Waals surface area contributed by atoms with Gasteiger partial charge in [0, 0.05) is 17.8 Å². The Kier molecular flexibility index (Phi) is 4.91. The van der Waals surface area contributed by atoms with Gasteiger partial charge in [-0.2, -0.15) is 0 Å². The zero-order chi connectivity index (χ0) is 20.5. The van der Waals surface area contributed by atoms with Gasteiger partial charge in [0.15, 0.2) is 0 Å². The van der Waals surface area contributed by atoms with E-state index in [4.69, 9.17) is 10.5 Å². The average molecular weight is 388 g/mol. The average Bonchev–Trinajstić information content (AvgIpc) is 2.74. The lowest BCUT2D eigenvalue weighted by molar-refractivity contribution is 0.415. The molecule has 4 rings (SSSR count). The Hall–Kier alpha value is -3.44. The minimum absolute atomic E-state index is 0.296. The first-order valence-electron chi connectivity index (χ1n) is 9.34. The number of rotatable bonds is 4. The Morgan fingerprint density at radius 2 is 1.59 bits per heavy atom. The highest BCUT2D eigenvalue weighted by Crippen LogP contribution is 2.37. The summed E-state index contributed by atoms with van der Waals surface area (Å²) in [6, 6.07) is 19.5. The molecule has 2 heterocycles. The van der Waals surface area contributed by atoms with Crippen molar-refractivity contribution in [1.29, 1.82) is 0 Å². The van der Waals surface area contributed by atoms with Crippen LogP contribution in [-0.4, -0.2) is 11.5 Å². The number of aromatic nitrogens is 1. The number of halogens is 1. The molecule has 0 saturated carbocycles. The molecule has 1 atom stereocenters. The summed E-state index contributed by atoms with van der Waals surface area (Å²) in [5.41, 5.74) is 10.3. The maximum Gasteiger partial charge on any atom is 0.263 e. The molecule has 29 heavy (non-hydrogen) atoms. The molecular weight excluding hydrogens is 367 g/mol. The first-order chi connectivity index (χ1) is 14.0. The lowest BCUT2D eigenvalue weighted by Crippen LogP contribution is -2.23. The maximum atomic E-state index is 14.0. The molecule has 0 unspecified atom stereocenters. The van der Waals surface area contributed by atoms with Crippen molar-refractivity contribution in [3.8, 4) is 28.0 Å². The van der Waals surface area contributed by atoms with Crippen molar-refractivity contribution >= 4 is 5.52 Å². The minimum atomic E-state index is -0.479. The van der Waals surface area contributed by atoms with Crippen LogP contribution in [0.3, 0.4) is 0 Å². The van der Waals surface area contributed by atoms with Crippen molar-refractivity contribution in [2.75, 3.05) is 7.11 Å². The number of nitrogens with two attached hydrogens (primary N) is 1. The van der Waals surface area contributed by atoms with Gasteiger partial charge in [0.05, 0.1) is 18.2 Å². The molecule has 0 aliphatic rings. The maximum absolute atomic E-state index is 14.0. The van der Waals surface area contributed by atoms with Crippen LogP contribution in [-0.2, 0) is 0 Å². The molecule has 146 valence electrons. The van der Waals surface area contributed by atoms with Crippen molar-refractivity contribution in [3.05, 3.63) is 94.7 Å². The van der Waals surface area contributed by atoms with Crippen LogP contribution in [0.2, 0.25) is 0 Å². The third-order valence-electron chi connectivity index (χ3n) is 5.04. The van der Waals surface area contributed by atoms with E-state index in [-0.39, 0.29) is 5.56 Å². The molecule has 0 spiro atoms. The second-order valence-corrected chi connectivity index (χ2v) is 6.95. The summed E-state index contributed by atoms with van der Waals surface area (Å²) in [5, 5.41) is 0.